The Morgan fingerprint density at radius 2 is 1.77 bits per heavy atom. The molecule has 130 valence electrons. The largest absolute Gasteiger partial charge is 0.396 e. The van der Waals surface area contributed by atoms with Crippen LogP contribution in [0.3, 0.4) is 0 Å². The van der Waals surface area contributed by atoms with E-state index >= 15 is 0 Å². The molecule has 0 aliphatic carbocycles. The highest BCUT2D eigenvalue weighted by molar-refractivity contribution is 7.15. The van der Waals surface area contributed by atoms with Crippen LogP contribution >= 0.6 is 11.3 Å². The van der Waals surface area contributed by atoms with Crippen molar-refractivity contribution in [2.75, 3.05) is 6.61 Å². The van der Waals surface area contributed by atoms with Crippen molar-refractivity contribution in [3.8, 4) is 33.3 Å². The van der Waals surface area contributed by atoms with E-state index in [1.165, 1.54) is 16.0 Å². The summed E-state index contributed by atoms with van der Waals surface area (Å²) >= 11 is 1.66. The van der Waals surface area contributed by atoms with E-state index < -0.39 is 0 Å². The lowest BCUT2D eigenvalue weighted by Gasteiger charge is -1.98. The molecule has 4 rings (SSSR count). The fourth-order valence-electron chi connectivity index (χ4n) is 2.88. The lowest BCUT2D eigenvalue weighted by Crippen LogP contribution is -1.90. The summed E-state index contributed by atoms with van der Waals surface area (Å²) in [7, 11) is 0. The Kier molecular flexibility index (Phi) is 4.65. The number of thiophene rings is 1. The highest BCUT2D eigenvalue weighted by Crippen LogP contribution is 2.36. The number of rotatable bonds is 5. The van der Waals surface area contributed by atoms with Gasteiger partial charge in [0.2, 0.25) is 5.82 Å². The molecule has 0 spiro atoms. The smallest absolute Gasteiger partial charge is 0.268 e. The lowest BCUT2D eigenvalue weighted by atomic mass is 10.1. The third-order valence-electron chi connectivity index (χ3n) is 4.25. The van der Waals surface area contributed by atoms with E-state index in [1.54, 1.807) is 11.3 Å². The Labute approximate surface area is 155 Å². The number of aryl methyl sites for hydroxylation is 1. The molecule has 4 nitrogen and oxygen atoms in total. The number of nitrogens with zero attached hydrogens (tertiary/aromatic N) is 2. The predicted octanol–water partition coefficient (Wildman–Crippen LogP) is 4.98. The second-order valence-corrected chi connectivity index (χ2v) is 7.30. The summed E-state index contributed by atoms with van der Waals surface area (Å²) in [4.78, 5) is 6.75. The van der Waals surface area contributed by atoms with Gasteiger partial charge in [-0.15, -0.1) is 11.3 Å². The average Bonchev–Trinajstić information content (AvgIpc) is 3.30. The van der Waals surface area contributed by atoms with Crippen LogP contribution in [0, 0.1) is 6.92 Å². The van der Waals surface area contributed by atoms with Crippen LogP contribution in [0.1, 0.15) is 10.4 Å². The Bertz CT molecular complexity index is 1000. The maximum Gasteiger partial charge on any atom is 0.268 e. The minimum Gasteiger partial charge on any atom is -0.396 e. The molecule has 0 unspecified atom stereocenters. The zero-order valence-corrected chi connectivity index (χ0v) is 15.2. The monoisotopic (exact) mass is 362 g/mol. The highest BCUT2D eigenvalue weighted by Gasteiger charge is 2.15. The summed E-state index contributed by atoms with van der Waals surface area (Å²) in [6.45, 7) is 2.25. The number of benzene rings is 2. The Morgan fingerprint density at radius 1 is 1.00 bits per heavy atom. The molecule has 0 aliphatic heterocycles. The number of aromatic nitrogens is 2. The molecule has 2 aromatic carbocycles. The van der Waals surface area contributed by atoms with E-state index in [4.69, 9.17) is 9.63 Å². The molecule has 4 aromatic rings. The van der Waals surface area contributed by atoms with E-state index in [0.29, 0.717) is 18.1 Å². The third-order valence-corrected chi connectivity index (χ3v) is 5.29. The zero-order valence-electron chi connectivity index (χ0n) is 14.3. The van der Waals surface area contributed by atoms with Crippen LogP contribution in [-0.2, 0) is 6.42 Å². The fraction of sp³-hybridized carbons (Fsp3) is 0.143. The van der Waals surface area contributed by atoms with E-state index in [0.717, 1.165) is 16.0 Å². The maximum absolute atomic E-state index is 9.00. The highest BCUT2D eigenvalue weighted by atomic mass is 32.1. The summed E-state index contributed by atoms with van der Waals surface area (Å²) < 4.78 is 5.50. The van der Waals surface area contributed by atoms with Gasteiger partial charge in [0.25, 0.3) is 5.89 Å². The van der Waals surface area contributed by atoms with Crippen LogP contribution in [0.2, 0.25) is 0 Å². The predicted molar refractivity (Wildman–Crippen MR) is 104 cm³/mol. The van der Waals surface area contributed by atoms with Crippen molar-refractivity contribution in [3.05, 3.63) is 71.1 Å². The minimum absolute atomic E-state index is 0.146. The molecule has 0 aliphatic rings. The average molecular weight is 362 g/mol. The number of aliphatic hydroxyl groups is 1. The van der Waals surface area contributed by atoms with E-state index in [2.05, 4.69) is 35.3 Å². The molecular weight excluding hydrogens is 344 g/mol. The van der Waals surface area contributed by atoms with Crippen LogP contribution in [-0.4, -0.2) is 21.9 Å². The summed E-state index contributed by atoms with van der Waals surface area (Å²) in [6, 6.07) is 20.3. The molecule has 0 radical (unpaired) electrons. The Balaban J connectivity index is 1.62. The van der Waals surface area contributed by atoms with Gasteiger partial charge < -0.3 is 9.63 Å². The molecule has 2 aromatic heterocycles. The van der Waals surface area contributed by atoms with Crippen LogP contribution in [0.15, 0.2) is 65.2 Å². The molecule has 0 bridgehead atoms. The van der Waals surface area contributed by atoms with Crippen molar-refractivity contribution >= 4 is 11.3 Å². The van der Waals surface area contributed by atoms with Crippen LogP contribution in [0.25, 0.3) is 33.3 Å². The van der Waals surface area contributed by atoms with Gasteiger partial charge in [0.15, 0.2) is 0 Å². The summed E-state index contributed by atoms with van der Waals surface area (Å²) in [6.07, 6.45) is 0.647. The molecule has 2 heterocycles. The topological polar surface area (TPSA) is 59.2 Å². The number of aliphatic hydroxyl groups excluding tert-OH is 1. The molecule has 0 saturated heterocycles. The zero-order chi connectivity index (χ0) is 17.9. The van der Waals surface area contributed by atoms with Crippen LogP contribution in [0.5, 0.6) is 0 Å². The molecular formula is C21H18N2O2S. The number of hydrogen-bond acceptors (Lipinski definition) is 5. The van der Waals surface area contributed by atoms with Gasteiger partial charge in [0.05, 0.1) is 4.88 Å². The standard InChI is InChI=1S/C21H18N2O2S/c1-14-18(16-5-3-2-4-6-16)13-19(26-14)21-22-20(23-25-21)17-9-7-15(8-10-17)11-12-24/h2-10,13,24H,11-12H2,1H3. The van der Waals surface area contributed by atoms with Gasteiger partial charge in [-0.25, -0.2) is 0 Å². The maximum atomic E-state index is 9.00. The molecule has 0 saturated carbocycles. The number of hydrogen-bond donors (Lipinski definition) is 1. The molecule has 0 amide bonds. The first-order valence-corrected chi connectivity index (χ1v) is 9.26. The second kappa shape index (κ2) is 7.23. The third kappa shape index (κ3) is 3.31. The van der Waals surface area contributed by atoms with Gasteiger partial charge in [-0.3, -0.25) is 0 Å². The molecule has 1 N–H and O–H groups in total. The van der Waals surface area contributed by atoms with Gasteiger partial charge >= 0.3 is 0 Å². The van der Waals surface area contributed by atoms with Crippen molar-refractivity contribution in [1.29, 1.82) is 0 Å². The van der Waals surface area contributed by atoms with Crippen LogP contribution < -0.4 is 0 Å². The van der Waals surface area contributed by atoms with Crippen molar-refractivity contribution in [3.63, 3.8) is 0 Å². The van der Waals surface area contributed by atoms with Gasteiger partial charge in [-0.2, -0.15) is 4.98 Å². The quantitative estimate of drug-likeness (QED) is 0.544. The Hall–Kier alpha value is -2.76. The van der Waals surface area contributed by atoms with Gasteiger partial charge in [0.1, 0.15) is 0 Å². The SMILES string of the molecule is Cc1sc(-c2nc(-c3ccc(CCO)cc3)no2)cc1-c1ccccc1. The van der Waals surface area contributed by atoms with Gasteiger partial charge in [-0.05, 0) is 36.1 Å². The molecule has 26 heavy (non-hydrogen) atoms. The van der Waals surface area contributed by atoms with Crippen LogP contribution in [0.4, 0.5) is 0 Å². The van der Waals surface area contributed by atoms with E-state index in [1.807, 2.05) is 42.5 Å². The van der Waals surface area contributed by atoms with Crippen molar-refractivity contribution in [1.82, 2.24) is 10.1 Å². The Morgan fingerprint density at radius 3 is 2.50 bits per heavy atom. The first-order valence-electron chi connectivity index (χ1n) is 8.44. The fourth-order valence-corrected chi connectivity index (χ4v) is 3.85. The minimum atomic E-state index is 0.146. The normalized spacial score (nSPS) is 11.0. The van der Waals surface area contributed by atoms with Crippen molar-refractivity contribution < 1.29 is 9.63 Å². The van der Waals surface area contributed by atoms with E-state index in [9.17, 15) is 0 Å². The van der Waals surface area contributed by atoms with Crippen molar-refractivity contribution in [2.45, 2.75) is 13.3 Å². The van der Waals surface area contributed by atoms with Gasteiger partial charge in [-0.1, -0.05) is 59.8 Å². The second-order valence-electron chi connectivity index (χ2n) is 6.04. The summed E-state index contributed by atoms with van der Waals surface area (Å²) in [5.74, 6) is 1.11. The summed E-state index contributed by atoms with van der Waals surface area (Å²) in [5, 5.41) is 13.1. The van der Waals surface area contributed by atoms with Gasteiger partial charge in [0, 0.05) is 17.0 Å². The van der Waals surface area contributed by atoms with E-state index in [-0.39, 0.29) is 6.61 Å². The first-order chi connectivity index (χ1) is 12.7. The molecule has 0 fully saturated rings. The summed E-state index contributed by atoms with van der Waals surface area (Å²) in [5.41, 5.74) is 4.37. The molecule has 0 atom stereocenters. The lowest BCUT2D eigenvalue weighted by molar-refractivity contribution is 0.299. The first kappa shape index (κ1) is 16.7. The molecule has 5 heteroatoms. The van der Waals surface area contributed by atoms with Crippen molar-refractivity contribution in [2.24, 2.45) is 0 Å².